The number of piperazine rings is 1. The summed E-state index contributed by atoms with van der Waals surface area (Å²) in [6.07, 6.45) is 3.47. The van der Waals surface area contributed by atoms with Crippen molar-refractivity contribution in [3.8, 4) is 28.3 Å². The van der Waals surface area contributed by atoms with Gasteiger partial charge in [-0.05, 0) is 31.9 Å². The number of hydrogen-bond donors (Lipinski definition) is 2. The molecule has 4 heterocycles. The van der Waals surface area contributed by atoms with Crippen LogP contribution in [0.1, 0.15) is 25.4 Å². The van der Waals surface area contributed by atoms with E-state index in [4.69, 9.17) is 0 Å². The molecule has 0 radical (unpaired) electrons. The van der Waals surface area contributed by atoms with E-state index in [1.165, 1.54) is 0 Å². The zero-order chi connectivity index (χ0) is 23.1. The van der Waals surface area contributed by atoms with Gasteiger partial charge >= 0.3 is 0 Å². The highest BCUT2D eigenvalue weighted by Crippen LogP contribution is 2.32. The summed E-state index contributed by atoms with van der Waals surface area (Å²) in [5.74, 6) is 1.92. The Morgan fingerprint density at radius 3 is 2.57 bits per heavy atom. The van der Waals surface area contributed by atoms with Crippen molar-refractivity contribution in [2.75, 3.05) is 24.5 Å². The minimum atomic E-state index is 0. The van der Waals surface area contributed by atoms with Crippen LogP contribution in [-0.4, -0.2) is 65.5 Å². The molecule has 35 heavy (non-hydrogen) atoms. The largest absolute Gasteiger partial charge is 0.507 e. The summed E-state index contributed by atoms with van der Waals surface area (Å²) < 4.78 is 1.71. The number of nitrogens with zero attached hydrogens (tertiary/aromatic N) is 8. The van der Waals surface area contributed by atoms with Crippen LogP contribution < -0.4 is 10.2 Å². The summed E-state index contributed by atoms with van der Waals surface area (Å²) in [6, 6.07) is 5.78. The van der Waals surface area contributed by atoms with E-state index in [9.17, 15) is 5.11 Å². The molecule has 1 aromatic carbocycles. The maximum Gasteiger partial charge on any atom is 0.245 e. The zero-order valence-electron chi connectivity index (χ0n) is 20.0. The predicted octanol–water partition coefficient (Wildman–Crippen LogP) is 3.24. The van der Waals surface area contributed by atoms with Gasteiger partial charge in [0, 0.05) is 36.8 Å². The number of phenols is 1. The van der Waals surface area contributed by atoms with Crippen LogP contribution in [0.4, 0.5) is 5.95 Å². The minimum absolute atomic E-state index is 0. The molecule has 0 bridgehead atoms. The molecule has 1 aliphatic rings. The van der Waals surface area contributed by atoms with Gasteiger partial charge in [-0.2, -0.15) is 5.10 Å². The fourth-order valence-electron chi connectivity index (χ4n) is 4.13. The molecule has 2 N–H and O–H groups in total. The van der Waals surface area contributed by atoms with E-state index in [0.29, 0.717) is 40.7 Å². The third-order valence-electron chi connectivity index (χ3n) is 6.01. The summed E-state index contributed by atoms with van der Waals surface area (Å²) in [6.45, 7) is 10.7. The monoisotopic (exact) mass is 517 g/mol. The van der Waals surface area contributed by atoms with Crippen LogP contribution in [-0.2, 0) is 0 Å². The molecule has 1 saturated heterocycles. The number of benzene rings is 1. The second-order valence-electron chi connectivity index (χ2n) is 8.76. The van der Waals surface area contributed by atoms with E-state index in [1.54, 1.807) is 16.8 Å². The number of aryl methyl sites for hydroxylation is 2. The first-order valence-corrected chi connectivity index (χ1v) is 11.1. The van der Waals surface area contributed by atoms with Crippen molar-refractivity contribution >= 4 is 36.4 Å². The number of hydrogen-bond acceptors (Lipinski definition) is 9. The molecule has 1 fully saturated rings. The molecule has 0 unspecified atom stereocenters. The van der Waals surface area contributed by atoms with Crippen LogP contribution in [0.15, 0.2) is 30.6 Å². The third-order valence-corrected chi connectivity index (χ3v) is 6.01. The van der Waals surface area contributed by atoms with Crippen LogP contribution in [0, 0.1) is 19.8 Å². The van der Waals surface area contributed by atoms with E-state index >= 15 is 0 Å². The Kier molecular flexibility index (Phi) is 8.09. The number of aromatic nitrogens is 7. The summed E-state index contributed by atoms with van der Waals surface area (Å²) in [4.78, 5) is 15.7. The van der Waals surface area contributed by atoms with E-state index in [2.05, 4.69) is 54.3 Å². The van der Waals surface area contributed by atoms with Gasteiger partial charge in [0.1, 0.15) is 17.3 Å². The van der Waals surface area contributed by atoms with Crippen molar-refractivity contribution in [3.63, 3.8) is 0 Å². The van der Waals surface area contributed by atoms with Gasteiger partial charge in [-0.15, -0.1) is 35.0 Å². The van der Waals surface area contributed by atoms with Crippen molar-refractivity contribution in [3.05, 3.63) is 42.1 Å². The number of rotatable bonds is 4. The Labute approximate surface area is 216 Å². The molecular formula is C23H29Cl2N9O. The number of anilines is 1. The highest BCUT2D eigenvalue weighted by atomic mass is 35.5. The van der Waals surface area contributed by atoms with Gasteiger partial charge in [0.2, 0.25) is 5.95 Å². The van der Waals surface area contributed by atoms with Crippen molar-refractivity contribution in [1.82, 2.24) is 40.1 Å². The van der Waals surface area contributed by atoms with Gasteiger partial charge in [0.15, 0.2) is 5.65 Å². The Morgan fingerprint density at radius 2 is 1.89 bits per heavy atom. The Hall–Kier alpha value is -3.08. The number of aromatic hydroxyl groups is 1. The molecule has 10 nitrogen and oxygen atoms in total. The van der Waals surface area contributed by atoms with E-state index < -0.39 is 0 Å². The quantitative estimate of drug-likeness (QED) is 0.420. The fourth-order valence-corrected chi connectivity index (χ4v) is 4.13. The molecular weight excluding hydrogens is 489 g/mol. The molecule has 3 aromatic heterocycles. The lowest BCUT2D eigenvalue weighted by Crippen LogP contribution is -2.53. The lowest BCUT2D eigenvalue weighted by molar-refractivity contribution is 0.365. The van der Waals surface area contributed by atoms with Gasteiger partial charge in [-0.25, -0.2) is 19.5 Å². The van der Waals surface area contributed by atoms with Crippen LogP contribution in [0.3, 0.4) is 0 Å². The van der Waals surface area contributed by atoms with Gasteiger partial charge in [-0.1, -0.05) is 19.9 Å². The molecule has 1 aliphatic heterocycles. The molecule has 0 saturated carbocycles. The predicted molar refractivity (Wildman–Crippen MR) is 140 cm³/mol. The van der Waals surface area contributed by atoms with Crippen LogP contribution >= 0.6 is 24.8 Å². The molecule has 5 rings (SSSR count). The lowest BCUT2D eigenvalue weighted by Gasteiger charge is -2.35. The Balaban J connectivity index is 0.00000171. The molecule has 0 aliphatic carbocycles. The SMILES string of the molecule is Cc1nc2c(C)nc(-c3ccc(-c4cnc(N5CCN[C@@H](C(C)C)C5)nn4)c(O)c3)cn2n1.Cl.Cl. The number of phenolic OH excluding ortho intramolecular Hbond substituents is 1. The van der Waals surface area contributed by atoms with Crippen molar-refractivity contribution in [2.24, 2.45) is 5.92 Å². The molecule has 0 amide bonds. The number of nitrogens with one attached hydrogen (secondary N) is 1. The number of halogens is 2. The van der Waals surface area contributed by atoms with Crippen molar-refractivity contribution in [1.29, 1.82) is 0 Å². The highest BCUT2D eigenvalue weighted by Gasteiger charge is 2.24. The van der Waals surface area contributed by atoms with Gasteiger partial charge in [0.05, 0.1) is 23.8 Å². The molecule has 12 heteroatoms. The number of fused-ring (bicyclic) bond motifs is 1. The topological polar surface area (TPSA) is 117 Å². The zero-order valence-corrected chi connectivity index (χ0v) is 21.6. The van der Waals surface area contributed by atoms with Crippen LogP contribution in [0.25, 0.3) is 28.2 Å². The highest BCUT2D eigenvalue weighted by molar-refractivity contribution is 5.85. The summed E-state index contributed by atoms with van der Waals surface area (Å²) >= 11 is 0. The second kappa shape index (κ2) is 10.7. The van der Waals surface area contributed by atoms with Crippen molar-refractivity contribution < 1.29 is 5.11 Å². The van der Waals surface area contributed by atoms with E-state index in [0.717, 1.165) is 36.5 Å². The third kappa shape index (κ3) is 5.29. The molecule has 1 atom stereocenters. The van der Waals surface area contributed by atoms with Gasteiger partial charge in [0.25, 0.3) is 0 Å². The molecule has 186 valence electrons. The summed E-state index contributed by atoms with van der Waals surface area (Å²) in [5.41, 5.74) is 4.06. The first kappa shape index (κ1) is 26.5. The Morgan fingerprint density at radius 1 is 1.09 bits per heavy atom. The normalized spacial score (nSPS) is 15.7. The smallest absolute Gasteiger partial charge is 0.245 e. The maximum atomic E-state index is 10.7. The second-order valence-corrected chi connectivity index (χ2v) is 8.76. The van der Waals surface area contributed by atoms with Crippen LogP contribution in [0.2, 0.25) is 0 Å². The standard InChI is InChI=1S/C23H27N9O.2ClH/c1-13(2)19-11-31(8-7-24-19)23-25-10-18(28-29-23)17-6-5-16(9-21(17)33)20-12-32-22(14(3)26-20)27-15(4)30-32;;/h5-6,9-10,12-13,19,24,33H,7-8,11H2,1-4H3;2*1H/t19-;;/m1../s1. The van der Waals surface area contributed by atoms with Crippen LogP contribution in [0.5, 0.6) is 5.75 Å². The van der Waals surface area contributed by atoms with E-state index in [1.807, 2.05) is 32.2 Å². The van der Waals surface area contributed by atoms with E-state index in [-0.39, 0.29) is 30.6 Å². The first-order chi connectivity index (χ1) is 15.9. The van der Waals surface area contributed by atoms with Gasteiger partial charge < -0.3 is 15.3 Å². The lowest BCUT2D eigenvalue weighted by atomic mass is 10.0. The first-order valence-electron chi connectivity index (χ1n) is 11.1. The summed E-state index contributed by atoms with van der Waals surface area (Å²) in [5, 5.41) is 27.3. The van der Waals surface area contributed by atoms with Gasteiger partial charge in [-0.3, -0.25) is 0 Å². The fraction of sp³-hybridized carbons (Fsp3) is 0.391. The average Bonchev–Trinajstić information content (AvgIpc) is 3.20. The summed E-state index contributed by atoms with van der Waals surface area (Å²) in [7, 11) is 0. The molecule has 0 spiro atoms. The maximum absolute atomic E-state index is 10.7. The van der Waals surface area contributed by atoms with Crippen molar-refractivity contribution in [2.45, 2.75) is 33.7 Å². The molecule has 4 aromatic rings. The average molecular weight is 518 g/mol. The Bertz CT molecular complexity index is 1310. The minimum Gasteiger partial charge on any atom is -0.507 e.